The molecule has 162 valence electrons. The van der Waals surface area contributed by atoms with Crippen molar-refractivity contribution in [3.05, 3.63) is 78.0 Å². The van der Waals surface area contributed by atoms with Gasteiger partial charge in [-0.25, -0.2) is 0 Å². The Kier molecular flexibility index (Phi) is 7.47. The van der Waals surface area contributed by atoms with Crippen LogP contribution in [-0.2, 0) is 6.54 Å². The Morgan fingerprint density at radius 2 is 1.58 bits per heavy atom. The van der Waals surface area contributed by atoms with Gasteiger partial charge < -0.3 is 10.2 Å². The Balaban J connectivity index is 1.13. The van der Waals surface area contributed by atoms with Crippen molar-refractivity contribution in [3.8, 4) is 11.3 Å². The number of amides is 1. The zero-order valence-corrected chi connectivity index (χ0v) is 18.0. The summed E-state index contributed by atoms with van der Waals surface area (Å²) in [5, 5.41) is 10.0. The van der Waals surface area contributed by atoms with Gasteiger partial charge in [-0.1, -0.05) is 60.7 Å². The molecule has 1 fully saturated rings. The Labute approximate surface area is 184 Å². The van der Waals surface area contributed by atoms with Gasteiger partial charge in [0.25, 0.3) is 5.91 Å². The molecule has 1 aliphatic heterocycles. The number of carbonyl (C=O) groups excluding carboxylic acids is 1. The maximum absolute atomic E-state index is 12.6. The highest BCUT2D eigenvalue weighted by Crippen LogP contribution is 2.20. The van der Waals surface area contributed by atoms with Crippen LogP contribution in [0.4, 0.5) is 0 Å². The molecule has 0 radical (unpaired) electrons. The SMILES string of the molecule is O=C(NCCCCN1CCN(Cc2ccccc2)CC1)c1cn[nH]c1-c1ccccc1. The first kappa shape index (κ1) is 21.3. The van der Waals surface area contributed by atoms with Crippen molar-refractivity contribution >= 4 is 5.91 Å². The minimum absolute atomic E-state index is 0.0675. The van der Waals surface area contributed by atoms with Gasteiger partial charge in [-0.05, 0) is 24.9 Å². The molecule has 31 heavy (non-hydrogen) atoms. The third kappa shape index (κ3) is 6.03. The molecule has 0 bridgehead atoms. The van der Waals surface area contributed by atoms with E-state index in [1.54, 1.807) is 6.20 Å². The van der Waals surface area contributed by atoms with Crippen LogP contribution in [-0.4, -0.2) is 65.2 Å². The number of rotatable bonds is 9. The van der Waals surface area contributed by atoms with E-state index < -0.39 is 0 Å². The van der Waals surface area contributed by atoms with Crippen molar-refractivity contribution < 1.29 is 4.79 Å². The molecule has 0 saturated carbocycles. The van der Waals surface area contributed by atoms with Gasteiger partial charge in [0.1, 0.15) is 0 Å². The smallest absolute Gasteiger partial charge is 0.255 e. The highest BCUT2D eigenvalue weighted by Gasteiger charge is 2.17. The van der Waals surface area contributed by atoms with E-state index in [4.69, 9.17) is 0 Å². The summed E-state index contributed by atoms with van der Waals surface area (Å²) in [6.45, 7) is 7.30. The quantitative estimate of drug-likeness (QED) is 0.524. The lowest BCUT2D eigenvalue weighted by Crippen LogP contribution is -2.46. The van der Waals surface area contributed by atoms with Crippen LogP contribution >= 0.6 is 0 Å². The zero-order valence-electron chi connectivity index (χ0n) is 18.0. The van der Waals surface area contributed by atoms with E-state index in [1.165, 1.54) is 5.56 Å². The van der Waals surface area contributed by atoms with E-state index in [1.807, 2.05) is 30.3 Å². The van der Waals surface area contributed by atoms with E-state index in [2.05, 4.69) is 55.6 Å². The maximum atomic E-state index is 12.6. The van der Waals surface area contributed by atoms with Gasteiger partial charge in [0, 0.05) is 44.8 Å². The molecule has 0 spiro atoms. The number of aromatic amines is 1. The fourth-order valence-electron chi connectivity index (χ4n) is 4.05. The lowest BCUT2D eigenvalue weighted by molar-refractivity contribution is 0.0952. The van der Waals surface area contributed by atoms with Crippen LogP contribution in [0.1, 0.15) is 28.8 Å². The molecule has 2 N–H and O–H groups in total. The average Bonchev–Trinajstić information content (AvgIpc) is 3.31. The Morgan fingerprint density at radius 3 is 2.32 bits per heavy atom. The van der Waals surface area contributed by atoms with Crippen LogP contribution in [0.25, 0.3) is 11.3 Å². The van der Waals surface area contributed by atoms with Crippen LogP contribution < -0.4 is 5.32 Å². The molecule has 0 atom stereocenters. The van der Waals surface area contributed by atoms with E-state index in [-0.39, 0.29) is 5.91 Å². The maximum Gasteiger partial charge on any atom is 0.255 e. The van der Waals surface area contributed by atoms with Gasteiger partial charge in [-0.15, -0.1) is 0 Å². The number of nitrogens with one attached hydrogen (secondary N) is 2. The predicted molar refractivity (Wildman–Crippen MR) is 124 cm³/mol. The number of piperazine rings is 1. The lowest BCUT2D eigenvalue weighted by Gasteiger charge is -2.34. The highest BCUT2D eigenvalue weighted by atomic mass is 16.1. The van der Waals surface area contributed by atoms with E-state index in [9.17, 15) is 4.79 Å². The number of carbonyl (C=O) groups is 1. The van der Waals surface area contributed by atoms with E-state index in [0.717, 1.165) is 63.4 Å². The summed E-state index contributed by atoms with van der Waals surface area (Å²) in [7, 11) is 0. The summed E-state index contributed by atoms with van der Waals surface area (Å²) in [5.74, 6) is -0.0675. The lowest BCUT2D eigenvalue weighted by atomic mass is 10.1. The summed E-state index contributed by atoms with van der Waals surface area (Å²) in [4.78, 5) is 17.6. The third-order valence-electron chi connectivity index (χ3n) is 5.85. The average molecular weight is 418 g/mol. The van der Waals surface area contributed by atoms with Crippen molar-refractivity contribution in [3.63, 3.8) is 0 Å². The van der Waals surface area contributed by atoms with E-state index >= 15 is 0 Å². The number of unbranched alkanes of at least 4 members (excludes halogenated alkanes) is 1. The first-order valence-electron chi connectivity index (χ1n) is 11.2. The number of nitrogens with zero attached hydrogens (tertiary/aromatic N) is 3. The van der Waals surface area contributed by atoms with Crippen molar-refractivity contribution in [1.82, 2.24) is 25.3 Å². The highest BCUT2D eigenvalue weighted by molar-refractivity contribution is 5.99. The molecule has 1 saturated heterocycles. The van der Waals surface area contributed by atoms with Crippen molar-refractivity contribution in [1.29, 1.82) is 0 Å². The molecule has 2 heterocycles. The largest absolute Gasteiger partial charge is 0.352 e. The predicted octanol–water partition coefficient (Wildman–Crippen LogP) is 3.40. The first-order valence-corrected chi connectivity index (χ1v) is 11.2. The minimum Gasteiger partial charge on any atom is -0.352 e. The molecule has 0 aliphatic carbocycles. The Morgan fingerprint density at radius 1 is 0.903 bits per heavy atom. The minimum atomic E-state index is -0.0675. The monoisotopic (exact) mass is 417 g/mol. The summed E-state index contributed by atoms with van der Waals surface area (Å²) in [6, 6.07) is 20.5. The normalized spacial score (nSPS) is 15.1. The zero-order chi connectivity index (χ0) is 21.3. The molecular formula is C25H31N5O. The Bertz CT molecular complexity index is 933. The second-order valence-corrected chi connectivity index (χ2v) is 8.09. The second kappa shape index (κ2) is 10.9. The molecule has 3 aromatic rings. The number of aromatic nitrogens is 2. The molecule has 2 aromatic carbocycles. The van der Waals surface area contributed by atoms with E-state index in [0.29, 0.717) is 12.1 Å². The van der Waals surface area contributed by atoms with Crippen molar-refractivity contribution in [2.45, 2.75) is 19.4 Å². The molecule has 0 unspecified atom stereocenters. The molecule has 6 nitrogen and oxygen atoms in total. The summed E-state index contributed by atoms with van der Waals surface area (Å²) in [6.07, 6.45) is 3.68. The van der Waals surface area contributed by atoms with Crippen LogP contribution in [0.2, 0.25) is 0 Å². The molecule has 1 amide bonds. The number of benzene rings is 2. The summed E-state index contributed by atoms with van der Waals surface area (Å²) >= 11 is 0. The van der Waals surface area contributed by atoms with Gasteiger partial charge in [0.2, 0.25) is 0 Å². The summed E-state index contributed by atoms with van der Waals surface area (Å²) < 4.78 is 0. The van der Waals surface area contributed by atoms with Crippen LogP contribution in [0.15, 0.2) is 66.9 Å². The topological polar surface area (TPSA) is 64.3 Å². The number of H-pyrrole nitrogens is 1. The van der Waals surface area contributed by atoms with Crippen LogP contribution in [0.3, 0.4) is 0 Å². The van der Waals surface area contributed by atoms with Crippen LogP contribution in [0.5, 0.6) is 0 Å². The van der Waals surface area contributed by atoms with Gasteiger partial charge in [-0.3, -0.25) is 14.8 Å². The van der Waals surface area contributed by atoms with Gasteiger partial charge in [0.15, 0.2) is 0 Å². The van der Waals surface area contributed by atoms with Gasteiger partial charge in [0.05, 0.1) is 17.5 Å². The Hall–Kier alpha value is -2.96. The third-order valence-corrected chi connectivity index (χ3v) is 5.85. The molecule has 1 aliphatic rings. The second-order valence-electron chi connectivity index (χ2n) is 8.09. The van der Waals surface area contributed by atoms with Gasteiger partial charge >= 0.3 is 0 Å². The molecular weight excluding hydrogens is 386 g/mol. The molecule has 6 heteroatoms. The molecule has 4 rings (SSSR count). The number of hydrogen-bond acceptors (Lipinski definition) is 4. The van der Waals surface area contributed by atoms with Crippen molar-refractivity contribution in [2.24, 2.45) is 0 Å². The van der Waals surface area contributed by atoms with Gasteiger partial charge in [-0.2, -0.15) is 5.10 Å². The fourth-order valence-corrected chi connectivity index (χ4v) is 4.05. The molecule has 1 aromatic heterocycles. The first-order chi connectivity index (χ1) is 15.3. The number of hydrogen-bond donors (Lipinski definition) is 2. The standard InChI is InChI=1S/C25H31N5O/c31-25(23-19-27-28-24(23)22-11-5-2-6-12-22)26-13-7-8-14-29-15-17-30(18-16-29)20-21-9-3-1-4-10-21/h1-6,9-12,19H,7-8,13-18,20H2,(H,26,31)(H,27,28). The van der Waals surface area contributed by atoms with Crippen LogP contribution in [0, 0.1) is 0 Å². The van der Waals surface area contributed by atoms with Crippen molar-refractivity contribution in [2.75, 3.05) is 39.3 Å². The summed E-state index contributed by atoms with van der Waals surface area (Å²) in [5.41, 5.74) is 3.73. The fraction of sp³-hybridized carbons (Fsp3) is 0.360.